The summed E-state index contributed by atoms with van der Waals surface area (Å²) in [5, 5.41) is 92.4. The topological polar surface area (TPSA) is 258 Å². The van der Waals surface area contributed by atoms with E-state index in [1.165, 1.54) is 21.0 Å². The Hall–Kier alpha value is -3.87. The zero-order valence-corrected chi connectivity index (χ0v) is 23.5. The SMILES string of the molecule is COc1c(O)cc(-c2oc3cc(O[C@@H]4O[C@@H](C)[C@H](O)[C@@H](O)[C@H]4O)cc(O)c3c(=O)c2O[C@@H]2O[C@@H](C)[C@H](O)[C@@H](O)[C@H]2O)cc1O. The lowest BCUT2D eigenvalue weighted by Crippen LogP contribution is -2.58. The van der Waals surface area contributed by atoms with Crippen molar-refractivity contribution >= 4 is 11.0 Å². The van der Waals surface area contributed by atoms with E-state index in [0.29, 0.717) is 0 Å². The van der Waals surface area contributed by atoms with E-state index in [2.05, 4.69) is 0 Å². The summed E-state index contributed by atoms with van der Waals surface area (Å²) in [7, 11) is 1.19. The molecule has 2 aliphatic rings. The molecule has 240 valence electrons. The van der Waals surface area contributed by atoms with Crippen LogP contribution in [-0.4, -0.2) is 114 Å². The van der Waals surface area contributed by atoms with Crippen molar-refractivity contribution in [2.24, 2.45) is 0 Å². The standard InChI is InChI=1S/C28H32O16/c1-8-17(32)20(35)22(37)27(40-8)42-11-6-12(29)16-15(7-11)43-24(10-4-13(30)25(39-3)14(31)5-10)26(19(16)34)44-28-23(38)21(36)18(33)9(2)41-28/h4-9,17-18,20-23,27-33,35-38H,1-3H3/t8-,9-,17-,18-,20+,21+,22+,23+,27-,28-/m0/s1. The largest absolute Gasteiger partial charge is 0.507 e. The number of ether oxygens (including phenoxy) is 5. The molecule has 2 fully saturated rings. The molecule has 0 radical (unpaired) electrons. The Kier molecular flexibility index (Phi) is 8.54. The monoisotopic (exact) mass is 624 g/mol. The Labute approximate surface area is 248 Å². The van der Waals surface area contributed by atoms with Gasteiger partial charge >= 0.3 is 0 Å². The van der Waals surface area contributed by atoms with Crippen LogP contribution in [0.25, 0.3) is 22.3 Å². The Morgan fingerprint density at radius 2 is 1.18 bits per heavy atom. The van der Waals surface area contributed by atoms with Crippen LogP contribution in [0.2, 0.25) is 0 Å². The molecule has 5 rings (SSSR count). The summed E-state index contributed by atoms with van der Waals surface area (Å²) in [6.45, 7) is 2.83. The third-order valence-corrected chi connectivity index (χ3v) is 7.53. The number of fused-ring (bicyclic) bond motifs is 1. The number of rotatable bonds is 6. The van der Waals surface area contributed by atoms with Crippen molar-refractivity contribution in [2.75, 3.05) is 7.11 Å². The third-order valence-electron chi connectivity index (χ3n) is 7.53. The van der Waals surface area contributed by atoms with Gasteiger partial charge in [-0.05, 0) is 26.0 Å². The minimum Gasteiger partial charge on any atom is -0.507 e. The molecule has 0 unspecified atom stereocenters. The lowest BCUT2D eigenvalue weighted by molar-refractivity contribution is -0.268. The number of aliphatic hydroxyl groups is 6. The van der Waals surface area contributed by atoms with Crippen molar-refractivity contribution in [1.82, 2.24) is 0 Å². The van der Waals surface area contributed by atoms with Crippen LogP contribution >= 0.6 is 0 Å². The van der Waals surface area contributed by atoms with E-state index in [4.69, 9.17) is 28.1 Å². The van der Waals surface area contributed by atoms with Crippen LogP contribution in [-0.2, 0) is 9.47 Å². The number of hydrogen-bond acceptors (Lipinski definition) is 16. The summed E-state index contributed by atoms with van der Waals surface area (Å²) >= 11 is 0. The number of aliphatic hydroxyl groups excluding tert-OH is 6. The van der Waals surface area contributed by atoms with Gasteiger partial charge in [0, 0.05) is 17.7 Å². The van der Waals surface area contributed by atoms with E-state index in [-0.39, 0.29) is 22.6 Å². The summed E-state index contributed by atoms with van der Waals surface area (Å²) in [6.07, 6.45) is -15.0. The van der Waals surface area contributed by atoms with Crippen LogP contribution in [0.1, 0.15) is 13.8 Å². The van der Waals surface area contributed by atoms with E-state index in [1.54, 1.807) is 0 Å². The Morgan fingerprint density at radius 3 is 1.70 bits per heavy atom. The molecule has 44 heavy (non-hydrogen) atoms. The highest BCUT2D eigenvalue weighted by Crippen LogP contribution is 2.44. The van der Waals surface area contributed by atoms with Gasteiger partial charge in [0.25, 0.3) is 0 Å². The molecule has 16 heteroatoms. The predicted molar refractivity (Wildman–Crippen MR) is 145 cm³/mol. The van der Waals surface area contributed by atoms with Gasteiger partial charge in [-0.1, -0.05) is 0 Å². The third kappa shape index (κ3) is 5.46. The van der Waals surface area contributed by atoms with E-state index in [1.807, 2.05) is 0 Å². The van der Waals surface area contributed by atoms with Gasteiger partial charge in [0.05, 0.1) is 19.3 Å². The molecule has 0 saturated carbocycles. The highest BCUT2D eigenvalue weighted by Gasteiger charge is 2.45. The van der Waals surface area contributed by atoms with Gasteiger partial charge in [-0.25, -0.2) is 0 Å². The lowest BCUT2D eigenvalue weighted by atomic mass is 10.00. The molecule has 0 aliphatic carbocycles. The fourth-order valence-corrected chi connectivity index (χ4v) is 5.03. The number of benzene rings is 2. The Balaban J connectivity index is 1.64. The Morgan fingerprint density at radius 1 is 0.659 bits per heavy atom. The molecule has 2 saturated heterocycles. The maximum absolute atomic E-state index is 13.8. The first kappa shape index (κ1) is 31.6. The summed E-state index contributed by atoms with van der Waals surface area (Å²) in [4.78, 5) is 13.8. The quantitative estimate of drug-likeness (QED) is 0.159. The first-order chi connectivity index (χ1) is 20.7. The lowest BCUT2D eigenvalue weighted by Gasteiger charge is -2.39. The summed E-state index contributed by atoms with van der Waals surface area (Å²) in [5.74, 6) is -3.44. The number of aromatic hydroxyl groups is 3. The van der Waals surface area contributed by atoms with Crippen LogP contribution in [0.4, 0.5) is 0 Å². The van der Waals surface area contributed by atoms with Gasteiger partial charge in [0.15, 0.2) is 17.3 Å². The Bertz CT molecular complexity index is 1570. The van der Waals surface area contributed by atoms with E-state index in [9.17, 15) is 50.8 Å². The van der Waals surface area contributed by atoms with Crippen molar-refractivity contribution in [2.45, 2.75) is 75.3 Å². The zero-order valence-electron chi connectivity index (χ0n) is 23.5. The minimum absolute atomic E-state index is 0.142. The molecule has 10 atom stereocenters. The average molecular weight is 625 g/mol. The second-order valence-electron chi connectivity index (χ2n) is 10.6. The van der Waals surface area contributed by atoms with Crippen LogP contribution in [0.15, 0.2) is 33.5 Å². The summed E-state index contributed by atoms with van der Waals surface area (Å²) in [5.41, 5.74) is -1.49. The molecular weight excluding hydrogens is 592 g/mol. The molecule has 0 amide bonds. The fourth-order valence-electron chi connectivity index (χ4n) is 5.03. The van der Waals surface area contributed by atoms with E-state index < -0.39 is 101 Å². The average Bonchev–Trinajstić information content (AvgIpc) is 2.97. The van der Waals surface area contributed by atoms with E-state index >= 15 is 0 Å². The first-order valence-corrected chi connectivity index (χ1v) is 13.4. The van der Waals surface area contributed by atoms with E-state index in [0.717, 1.165) is 24.3 Å². The van der Waals surface area contributed by atoms with Gasteiger partial charge in [-0.2, -0.15) is 0 Å². The molecular formula is C28H32O16. The second-order valence-corrected chi connectivity index (χ2v) is 10.6. The van der Waals surface area contributed by atoms with Gasteiger partial charge < -0.3 is 74.1 Å². The minimum atomic E-state index is -1.84. The maximum Gasteiger partial charge on any atom is 0.239 e. The molecule has 0 spiro atoms. The second kappa shape index (κ2) is 11.9. The normalized spacial score (nSPS) is 32.4. The molecule has 16 nitrogen and oxygen atoms in total. The molecule has 3 aromatic rings. The highest BCUT2D eigenvalue weighted by molar-refractivity contribution is 5.88. The summed E-state index contributed by atoms with van der Waals surface area (Å²) < 4.78 is 33.0. The molecule has 1 aromatic heterocycles. The van der Waals surface area contributed by atoms with Crippen molar-refractivity contribution in [3.63, 3.8) is 0 Å². The molecule has 3 heterocycles. The summed E-state index contributed by atoms with van der Waals surface area (Å²) in [6, 6.07) is 4.25. The molecule has 9 N–H and O–H groups in total. The molecule has 2 aromatic carbocycles. The number of methoxy groups -OCH3 is 1. The zero-order chi connectivity index (χ0) is 32.2. The van der Waals surface area contributed by atoms with Gasteiger partial charge in [-0.15, -0.1) is 0 Å². The van der Waals surface area contributed by atoms with Gasteiger partial charge in [0.1, 0.15) is 59.1 Å². The van der Waals surface area contributed by atoms with Crippen molar-refractivity contribution in [1.29, 1.82) is 0 Å². The fraction of sp³-hybridized carbons (Fsp3) is 0.464. The van der Waals surface area contributed by atoms with Crippen LogP contribution in [0.5, 0.6) is 34.5 Å². The first-order valence-electron chi connectivity index (χ1n) is 13.4. The van der Waals surface area contributed by atoms with Gasteiger partial charge in [-0.3, -0.25) is 4.79 Å². The van der Waals surface area contributed by atoms with Crippen LogP contribution in [0, 0.1) is 0 Å². The molecule has 2 aliphatic heterocycles. The van der Waals surface area contributed by atoms with Crippen molar-refractivity contribution < 1.29 is 74.1 Å². The number of phenolic OH excluding ortho intramolecular Hbond substituents is 3. The van der Waals surface area contributed by atoms with Gasteiger partial charge in [0.2, 0.25) is 29.5 Å². The van der Waals surface area contributed by atoms with Crippen molar-refractivity contribution in [3.05, 3.63) is 34.5 Å². The predicted octanol–water partition coefficient (Wildman–Crippen LogP) is -1.00. The van der Waals surface area contributed by atoms with Crippen LogP contribution < -0.4 is 19.6 Å². The highest BCUT2D eigenvalue weighted by atomic mass is 16.7. The molecule has 0 bridgehead atoms. The smallest absolute Gasteiger partial charge is 0.239 e. The maximum atomic E-state index is 13.8. The number of hydrogen-bond donors (Lipinski definition) is 9. The van der Waals surface area contributed by atoms with Crippen molar-refractivity contribution in [3.8, 4) is 45.8 Å². The number of phenols is 3. The van der Waals surface area contributed by atoms with Crippen LogP contribution in [0.3, 0.4) is 0 Å².